The van der Waals surface area contributed by atoms with E-state index < -0.39 is 5.91 Å². The first kappa shape index (κ1) is 22.0. The summed E-state index contributed by atoms with van der Waals surface area (Å²) in [6.07, 6.45) is 8.80. The van der Waals surface area contributed by atoms with Crippen LogP contribution >= 0.6 is 0 Å². The third-order valence-corrected chi connectivity index (χ3v) is 5.41. The summed E-state index contributed by atoms with van der Waals surface area (Å²) in [5.74, 6) is -0.670. The number of carbonyl (C=O) groups is 2. The first-order valence-corrected chi connectivity index (χ1v) is 10.6. The molecule has 7 heteroatoms. The van der Waals surface area contributed by atoms with Crippen LogP contribution in [0.4, 0.5) is 0 Å². The molecule has 2 amide bonds. The molecule has 0 aliphatic carbocycles. The number of amides is 2. The Hall–Kier alpha value is -4.23. The van der Waals surface area contributed by atoms with E-state index in [1.807, 2.05) is 53.6 Å². The summed E-state index contributed by atoms with van der Waals surface area (Å²) in [6.45, 7) is 0.991. The Balaban J connectivity index is 1.52. The van der Waals surface area contributed by atoms with E-state index in [0.29, 0.717) is 25.1 Å². The molecule has 0 spiro atoms. The smallest absolute Gasteiger partial charge is 0.267 e. The van der Waals surface area contributed by atoms with Gasteiger partial charge in [0.1, 0.15) is 0 Å². The van der Waals surface area contributed by atoms with Gasteiger partial charge in [-0.2, -0.15) is 0 Å². The van der Waals surface area contributed by atoms with Crippen molar-refractivity contribution < 1.29 is 14.8 Å². The minimum Gasteiger partial charge on any atom is -0.361 e. The molecule has 0 aliphatic rings. The maximum Gasteiger partial charge on any atom is 0.267 e. The van der Waals surface area contributed by atoms with E-state index in [1.165, 1.54) is 6.08 Å². The number of aromatic nitrogens is 2. The number of pyridine rings is 1. The molecule has 0 aliphatic heterocycles. The van der Waals surface area contributed by atoms with Gasteiger partial charge in [0.2, 0.25) is 0 Å². The van der Waals surface area contributed by atoms with Crippen LogP contribution in [-0.2, 0) is 17.8 Å². The van der Waals surface area contributed by atoms with Crippen molar-refractivity contribution in [3.63, 3.8) is 0 Å². The van der Waals surface area contributed by atoms with Crippen LogP contribution in [0.25, 0.3) is 17.0 Å². The van der Waals surface area contributed by atoms with Gasteiger partial charge in [0.05, 0.1) is 5.56 Å². The zero-order chi connectivity index (χ0) is 23.0. The topological polar surface area (TPSA) is 98.3 Å². The van der Waals surface area contributed by atoms with Crippen LogP contribution in [0.2, 0.25) is 0 Å². The van der Waals surface area contributed by atoms with E-state index in [-0.39, 0.29) is 5.91 Å². The predicted molar refractivity (Wildman–Crippen MR) is 126 cm³/mol. The second kappa shape index (κ2) is 10.4. The Morgan fingerprint density at radius 1 is 1.06 bits per heavy atom. The minimum absolute atomic E-state index is 0.0773. The number of aromatic amines is 1. The second-order valence-corrected chi connectivity index (χ2v) is 7.63. The molecule has 0 bridgehead atoms. The summed E-state index contributed by atoms with van der Waals surface area (Å²) in [6, 6.07) is 19.2. The van der Waals surface area contributed by atoms with Crippen LogP contribution in [0, 0.1) is 0 Å². The Morgan fingerprint density at radius 2 is 1.88 bits per heavy atom. The monoisotopic (exact) mass is 440 g/mol. The fraction of sp³-hybridized carbons (Fsp3) is 0.115. The summed E-state index contributed by atoms with van der Waals surface area (Å²) in [5.41, 5.74) is 6.13. The number of nitrogens with one attached hydrogen (secondary N) is 2. The molecule has 2 aromatic carbocycles. The maximum absolute atomic E-state index is 13.2. The van der Waals surface area contributed by atoms with E-state index in [2.05, 4.69) is 16.0 Å². The van der Waals surface area contributed by atoms with Crippen molar-refractivity contribution in [2.24, 2.45) is 0 Å². The van der Waals surface area contributed by atoms with Gasteiger partial charge in [0.25, 0.3) is 11.8 Å². The zero-order valence-electron chi connectivity index (χ0n) is 17.9. The number of para-hydroxylation sites is 1. The molecule has 0 saturated carbocycles. The average Bonchev–Trinajstić information content (AvgIpc) is 3.29. The Morgan fingerprint density at radius 3 is 2.64 bits per heavy atom. The van der Waals surface area contributed by atoms with Gasteiger partial charge >= 0.3 is 0 Å². The Labute approximate surface area is 191 Å². The molecule has 0 unspecified atom stereocenters. The first-order chi connectivity index (χ1) is 16.1. The van der Waals surface area contributed by atoms with Crippen molar-refractivity contribution in [3.8, 4) is 0 Å². The molecule has 7 nitrogen and oxygen atoms in total. The number of rotatable bonds is 8. The summed E-state index contributed by atoms with van der Waals surface area (Å²) in [5, 5.41) is 9.75. The van der Waals surface area contributed by atoms with E-state index in [4.69, 9.17) is 5.21 Å². The zero-order valence-corrected chi connectivity index (χ0v) is 17.9. The molecular formula is C26H24N4O3. The van der Waals surface area contributed by atoms with E-state index in [1.54, 1.807) is 36.1 Å². The normalized spacial score (nSPS) is 11.1. The summed E-state index contributed by atoms with van der Waals surface area (Å²) in [7, 11) is 0. The van der Waals surface area contributed by atoms with E-state index >= 15 is 0 Å². The summed E-state index contributed by atoms with van der Waals surface area (Å²) >= 11 is 0. The maximum atomic E-state index is 13.2. The molecule has 0 radical (unpaired) electrons. The van der Waals surface area contributed by atoms with Gasteiger partial charge in [-0.25, -0.2) is 5.48 Å². The highest BCUT2D eigenvalue weighted by Crippen LogP contribution is 2.19. The van der Waals surface area contributed by atoms with Gasteiger partial charge < -0.3 is 9.88 Å². The number of nitrogens with zero attached hydrogens (tertiary/aromatic N) is 2. The highest BCUT2D eigenvalue weighted by molar-refractivity contribution is 5.94. The number of benzene rings is 2. The highest BCUT2D eigenvalue weighted by atomic mass is 16.5. The highest BCUT2D eigenvalue weighted by Gasteiger charge is 2.17. The predicted octanol–water partition coefficient (Wildman–Crippen LogP) is 3.97. The number of fused-ring (bicyclic) bond motifs is 1. The van der Waals surface area contributed by atoms with Crippen molar-refractivity contribution in [2.75, 3.05) is 6.54 Å². The molecule has 2 aromatic heterocycles. The number of hydroxylamine groups is 1. The van der Waals surface area contributed by atoms with Crippen LogP contribution < -0.4 is 5.48 Å². The third kappa shape index (κ3) is 5.53. The average molecular weight is 441 g/mol. The van der Waals surface area contributed by atoms with Gasteiger partial charge in [-0.3, -0.25) is 19.8 Å². The van der Waals surface area contributed by atoms with Crippen molar-refractivity contribution in [3.05, 3.63) is 108 Å². The molecule has 0 atom stereocenters. The van der Waals surface area contributed by atoms with Crippen LogP contribution in [-0.4, -0.2) is 38.4 Å². The van der Waals surface area contributed by atoms with Gasteiger partial charge in [-0.15, -0.1) is 0 Å². The molecular weight excluding hydrogens is 416 g/mol. The van der Waals surface area contributed by atoms with Gasteiger partial charge in [-0.05, 0) is 47.4 Å². The molecule has 166 valence electrons. The lowest BCUT2D eigenvalue weighted by Crippen LogP contribution is -2.32. The van der Waals surface area contributed by atoms with Crippen molar-refractivity contribution in [1.29, 1.82) is 0 Å². The summed E-state index contributed by atoms with van der Waals surface area (Å²) < 4.78 is 0. The van der Waals surface area contributed by atoms with Crippen molar-refractivity contribution >= 4 is 28.8 Å². The number of carbonyl (C=O) groups excluding carboxylic acids is 2. The quantitative estimate of drug-likeness (QED) is 0.219. The molecule has 3 N–H and O–H groups in total. The minimum atomic E-state index is -0.593. The fourth-order valence-corrected chi connectivity index (χ4v) is 3.68. The van der Waals surface area contributed by atoms with Gasteiger partial charge in [-0.1, -0.05) is 42.5 Å². The fourth-order valence-electron chi connectivity index (χ4n) is 3.68. The standard InChI is InChI=1S/C26H24N4O3/c31-25(29-33)12-11-19-7-9-20(10-8-19)18-30(26(32)22-4-3-14-27-16-22)15-13-21-17-28-24-6-2-1-5-23(21)24/h1-12,14,16-17,28,33H,13,15,18H2,(H,29,31)/b12-11+. The van der Waals surface area contributed by atoms with Crippen LogP contribution in [0.15, 0.2) is 85.3 Å². The first-order valence-electron chi connectivity index (χ1n) is 10.6. The second-order valence-electron chi connectivity index (χ2n) is 7.63. The number of hydrogen-bond donors (Lipinski definition) is 3. The summed E-state index contributed by atoms with van der Waals surface area (Å²) in [4.78, 5) is 33.6. The number of hydrogen-bond acceptors (Lipinski definition) is 4. The molecule has 2 heterocycles. The van der Waals surface area contributed by atoms with Crippen LogP contribution in [0.1, 0.15) is 27.0 Å². The van der Waals surface area contributed by atoms with E-state index in [0.717, 1.165) is 27.6 Å². The lowest BCUT2D eigenvalue weighted by atomic mass is 10.1. The van der Waals surface area contributed by atoms with E-state index in [9.17, 15) is 9.59 Å². The van der Waals surface area contributed by atoms with Crippen LogP contribution in [0.5, 0.6) is 0 Å². The lowest BCUT2D eigenvalue weighted by molar-refractivity contribution is -0.124. The van der Waals surface area contributed by atoms with Gasteiger partial charge in [0.15, 0.2) is 0 Å². The molecule has 4 rings (SSSR count). The van der Waals surface area contributed by atoms with Gasteiger partial charge in [0, 0.05) is 48.7 Å². The van der Waals surface area contributed by atoms with Crippen molar-refractivity contribution in [2.45, 2.75) is 13.0 Å². The van der Waals surface area contributed by atoms with Crippen LogP contribution in [0.3, 0.4) is 0 Å². The molecule has 4 aromatic rings. The Bertz CT molecular complexity index is 1260. The number of H-pyrrole nitrogens is 1. The molecule has 0 fully saturated rings. The van der Waals surface area contributed by atoms with Crippen molar-refractivity contribution in [1.82, 2.24) is 20.3 Å². The molecule has 33 heavy (non-hydrogen) atoms. The lowest BCUT2D eigenvalue weighted by Gasteiger charge is -2.23. The molecule has 0 saturated heterocycles. The SMILES string of the molecule is O=C(/C=C/c1ccc(CN(CCc2c[nH]c3ccccc23)C(=O)c2cccnc2)cc1)NO. The Kier molecular flexibility index (Phi) is 6.92. The third-order valence-electron chi connectivity index (χ3n) is 5.41. The largest absolute Gasteiger partial charge is 0.361 e.